The summed E-state index contributed by atoms with van der Waals surface area (Å²) in [6, 6.07) is 4.34. The molecule has 2 nitrogen and oxygen atoms in total. The first kappa shape index (κ1) is 14.4. The molecule has 0 bridgehead atoms. The highest BCUT2D eigenvalue weighted by Gasteiger charge is 2.25. The predicted molar refractivity (Wildman–Crippen MR) is 83.1 cm³/mol. The summed E-state index contributed by atoms with van der Waals surface area (Å²) >= 11 is 16.0. The molecule has 5 heteroatoms. The second-order valence-electron chi connectivity index (χ2n) is 4.60. The van der Waals surface area contributed by atoms with Gasteiger partial charge in [-0.15, -0.1) is 0 Å². The second-order valence-corrected chi connectivity index (χ2v) is 6.33. The molecule has 1 aliphatic rings. The number of hydrogen-bond acceptors (Lipinski definition) is 2. The molecule has 0 aliphatic carbocycles. The third-order valence-electron chi connectivity index (χ3n) is 3.17. The summed E-state index contributed by atoms with van der Waals surface area (Å²) in [6.07, 6.45) is 2.30. The molecular formula is C13H17BrCl2N2. The molecule has 1 aromatic rings. The average Bonchev–Trinajstić information content (AvgIpc) is 2.73. The van der Waals surface area contributed by atoms with Gasteiger partial charge in [0.1, 0.15) is 0 Å². The lowest BCUT2D eigenvalue weighted by molar-refractivity contribution is 0.549. The van der Waals surface area contributed by atoms with Crippen molar-refractivity contribution in [2.45, 2.75) is 25.8 Å². The van der Waals surface area contributed by atoms with Crippen LogP contribution in [-0.4, -0.2) is 25.7 Å². The molecule has 0 saturated carbocycles. The van der Waals surface area contributed by atoms with E-state index in [4.69, 9.17) is 23.2 Å². The van der Waals surface area contributed by atoms with Crippen molar-refractivity contribution in [1.29, 1.82) is 0 Å². The minimum atomic E-state index is 0.542. The first-order valence-corrected chi connectivity index (χ1v) is 7.79. The van der Waals surface area contributed by atoms with Crippen molar-refractivity contribution in [3.05, 3.63) is 26.7 Å². The quantitative estimate of drug-likeness (QED) is 0.868. The van der Waals surface area contributed by atoms with Gasteiger partial charge in [0.15, 0.2) is 0 Å². The van der Waals surface area contributed by atoms with Crippen LogP contribution in [0.25, 0.3) is 0 Å². The summed E-state index contributed by atoms with van der Waals surface area (Å²) in [5.74, 6) is 0. The lowest BCUT2D eigenvalue weighted by Gasteiger charge is -2.22. The van der Waals surface area contributed by atoms with Gasteiger partial charge in [-0.25, -0.2) is 0 Å². The molecule has 1 atom stereocenters. The Morgan fingerprint density at radius 3 is 2.67 bits per heavy atom. The molecule has 1 fully saturated rings. The van der Waals surface area contributed by atoms with E-state index in [1.54, 1.807) is 0 Å². The highest BCUT2D eigenvalue weighted by atomic mass is 79.9. The van der Waals surface area contributed by atoms with Gasteiger partial charge in [0.05, 0.1) is 15.7 Å². The van der Waals surface area contributed by atoms with Gasteiger partial charge in [-0.3, -0.25) is 0 Å². The van der Waals surface area contributed by atoms with Gasteiger partial charge in [-0.1, -0.05) is 46.1 Å². The summed E-state index contributed by atoms with van der Waals surface area (Å²) in [6.45, 7) is 5.23. The smallest absolute Gasteiger partial charge is 0.0746 e. The molecule has 1 saturated heterocycles. The van der Waals surface area contributed by atoms with Gasteiger partial charge in [-0.05, 0) is 31.5 Å². The van der Waals surface area contributed by atoms with Crippen molar-refractivity contribution < 1.29 is 0 Å². The minimum absolute atomic E-state index is 0.542. The number of hydrogen-bond donors (Lipinski definition) is 1. The predicted octanol–water partition coefficient (Wildman–Crippen LogP) is 4.33. The normalized spacial score (nSPS) is 19.6. The number of rotatable bonds is 4. The van der Waals surface area contributed by atoms with Gasteiger partial charge < -0.3 is 10.2 Å². The van der Waals surface area contributed by atoms with E-state index in [0.29, 0.717) is 16.1 Å². The number of nitrogens with one attached hydrogen (secondary N) is 1. The molecular weight excluding hydrogens is 335 g/mol. The van der Waals surface area contributed by atoms with E-state index < -0.39 is 0 Å². The Bertz CT molecular complexity index is 402. The van der Waals surface area contributed by atoms with Crippen LogP contribution in [0, 0.1) is 0 Å². The summed E-state index contributed by atoms with van der Waals surface area (Å²) in [5, 5.41) is 4.97. The average molecular weight is 352 g/mol. The van der Waals surface area contributed by atoms with Gasteiger partial charge >= 0.3 is 0 Å². The first-order chi connectivity index (χ1) is 8.61. The standard InChI is InChI=1S/C13H17BrCl2N2/c1-2-4-17-10-3-5-18(8-10)13-11(15)6-9(14)7-12(13)16/h6-7,10,17H,2-5,8H2,1H3. The third-order valence-corrected chi connectivity index (χ3v) is 4.20. The zero-order valence-corrected chi connectivity index (χ0v) is 13.4. The van der Waals surface area contributed by atoms with Crippen molar-refractivity contribution in [3.63, 3.8) is 0 Å². The molecule has 0 amide bonds. The molecule has 18 heavy (non-hydrogen) atoms. The monoisotopic (exact) mass is 350 g/mol. The first-order valence-electron chi connectivity index (χ1n) is 6.24. The Balaban J connectivity index is 2.09. The van der Waals surface area contributed by atoms with Crippen molar-refractivity contribution in [2.75, 3.05) is 24.5 Å². The van der Waals surface area contributed by atoms with E-state index in [1.165, 1.54) is 0 Å². The van der Waals surface area contributed by atoms with Crippen LogP contribution in [0.1, 0.15) is 19.8 Å². The number of halogens is 3. The Morgan fingerprint density at radius 1 is 1.39 bits per heavy atom. The van der Waals surface area contributed by atoms with E-state index in [2.05, 4.69) is 33.1 Å². The molecule has 1 heterocycles. The van der Waals surface area contributed by atoms with Crippen LogP contribution < -0.4 is 10.2 Å². The van der Waals surface area contributed by atoms with E-state index in [-0.39, 0.29) is 0 Å². The Labute approximate surface area is 127 Å². The van der Waals surface area contributed by atoms with Crippen LogP contribution in [0.2, 0.25) is 10.0 Å². The van der Waals surface area contributed by atoms with Crippen LogP contribution in [-0.2, 0) is 0 Å². The minimum Gasteiger partial charge on any atom is -0.368 e. The summed E-state index contributed by atoms with van der Waals surface area (Å²) in [7, 11) is 0. The summed E-state index contributed by atoms with van der Waals surface area (Å²) in [5.41, 5.74) is 0.960. The van der Waals surface area contributed by atoms with E-state index in [0.717, 1.165) is 42.6 Å². The maximum atomic E-state index is 6.29. The highest BCUT2D eigenvalue weighted by molar-refractivity contribution is 9.10. The number of anilines is 1. The van der Waals surface area contributed by atoms with Crippen LogP contribution in [0.4, 0.5) is 5.69 Å². The maximum absolute atomic E-state index is 6.29. The summed E-state index contributed by atoms with van der Waals surface area (Å²) in [4.78, 5) is 2.27. The van der Waals surface area contributed by atoms with Crippen molar-refractivity contribution in [1.82, 2.24) is 5.32 Å². The topological polar surface area (TPSA) is 15.3 Å². The van der Waals surface area contributed by atoms with Crippen LogP contribution in [0.5, 0.6) is 0 Å². The lowest BCUT2D eigenvalue weighted by atomic mass is 10.2. The molecule has 1 N–H and O–H groups in total. The van der Waals surface area contributed by atoms with Gasteiger partial charge in [0, 0.05) is 23.6 Å². The highest BCUT2D eigenvalue weighted by Crippen LogP contribution is 2.38. The largest absolute Gasteiger partial charge is 0.368 e. The van der Waals surface area contributed by atoms with Gasteiger partial charge in [0.25, 0.3) is 0 Å². The Morgan fingerprint density at radius 2 is 2.06 bits per heavy atom. The van der Waals surface area contributed by atoms with Gasteiger partial charge in [-0.2, -0.15) is 0 Å². The van der Waals surface area contributed by atoms with E-state index in [9.17, 15) is 0 Å². The van der Waals surface area contributed by atoms with Crippen LogP contribution in [0.15, 0.2) is 16.6 Å². The van der Waals surface area contributed by atoms with Crippen LogP contribution in [0.3, 0.4) is 0 Å². The van der Waals surface area contributed by atoms with Crippen molar-refractivity contribution in [3.8, 4) is 0 Å². The molecule has 0 aromatic heterocycles. The SMILES string of the molecule is CCCNC1CCN(c2c(Cl)cc(Br)cc2Cl)C1. The van der Waals surface area contributed by atoms with E-state index >= 15 is 0 Å². The molecule has 0 spiro atoms. The molecule has 1 aromatic carbocycles. The summed E-state index contributed by atoms with van der Waals surface area (Å²) < 4.78 is 0.918. The fourth-order valence-electron chi connectivity index (χ4n) is 2.32. The molecule has 1 aliphatic heterocycles. The van der Waals surface area contributed by atoms with E-state index in [1.807, 2.05) is 12.1 Å². The zero-order chi connectivity index (χ0) is 13.1. The Hall–Kier alpha value is 0.0400. The second kappa shape index (κ2) is 6.47. The molecule has 2 rings (SSSR count). The third kappa shape index (κ3) is 3.32. The van der Waals surface area contributed by atoms with Crippen LogP contribution >= 0.6 is 39.1 Å². The number of benzene rings is 1. The van der Waals surface area contributed by atoms with Crippen molar-refractivity contribution >= 4 is 44.8 Å². The Kier molecular flexibility index (Phi) is 5.19. The fourth-order valence-corrected chi connectivity index (χ4v) is 3.76. The maximum Gasteiger partial charge on any atom is 0.0746 e. The molecule has 100 valence electrons. The number of nitrogens with zero attached hydrogens (tertiary/aromatic N) is 1. The fraction of sp³-hybridized carbons (Fsp3) is 0.538. The lowest BCUT2D eigenvalue weighted by Crippen LogP contribution is -2.33. The zero-order valence-electron chi connectivity index (χ0n) is 10.3. The molecule has 1 unspecified atom stereocenters. The van der Waals surface area contributed by atoms with Gasteiger partial charge in [0.2, 0.25) is 0 Å². The van der Waals surface area contributed by atoms with Crippen molar-refractivity contribution in [2.24, 2.45) is 0 Å². The molecule has 0 radical (unpaired) electrons.